The van der Waals surface area contributed by atoms with Gasteiger partial charge in [-0.15, -0.1) is 0 Å². The number of halogens is 2. The lowest BCUT2D eigenvalue weighted by Crippen LogP contribution is -2.25. The molecule has 208 valence electrons. The van der Waals surface area contributed by atoms with Crippen LogP contribution in [0.4, 0.5) is 0 Å². The van der Waals surface area contributed by atoms with Gasteiger partial charge in [0.2, 0.25) is 0 Å². The predicted octanol–water partition coefficient (Wildman–Crippen LogP) is 6.74. The second-order valence-corrected chi connectivity index (χ2v) is 10.8. The van der Waals surface area contributed by atoms with Crippen molar-refractivity contribution < 1.29 is 19.0 Å². The molecule has 0 saturated heterocycles. The lowest BCUT2D eigenvalue weighted by Gasteiger charge is -2.18. The number of hydrogen-bond acceptors (Lipinski definition) is 7. The largest absolute Gasteiger partial charge is 0.496 e. The molecular formula is C30H29BrClN3O5. The van der Waals surface area contributed by atoms with Crippen molar-refractivity contribution in [1.29, 1.82) is 0 Å². The lowest BCUT2D eigenvalue weighted by atomic mass is 9.96. The van der Waals surface area contributed by atoms with Gasteiger partial charge in [-0.25, -0.2) is 9.78 Å². The van der Waals surface area contributed by atoms with Gasteiger partial charge in [0.15, 0.2) is 11.9 Å². The van der Waals surface area contributed by atoms with Gasteiger partial charge in [0.05, 0.1) is 35.8 Å². The fourth-order valence-electron chi connectivity index (χ4n) is 4.28. The lowest BCUT2D eigenvalue weighted by molar-refractivity contribution is -0.147. The van der Waals surface area contributed by atoms with Crippen LogP contribution in [0.25, 0.3) is 22.3 Å². The molecule has 1 heterocycles. The van der Waals surface area contributed by atoms with Gasteiger partial charge in [-0.1, -0.05) is 37.6 Å². The molecule has 4 aromatic rings. The Labute approximate surface area is 245 Å². The highest BCUT2D eigenvalue weighted by molar-refractivity contribution is 9.10. The number of methoxy groups -OCH3 is 2. The maximum absolute atomic E-state index is 13.8. The molecule has 0 fully saturated rings. The van der Waals surface area contributed by atoms with Crippen molar-refractivity contribution in [2.24, 2.45) is 5.10 Å². The standard InChI is InChI=1S/C30H29BrClN3O5/c1-16(2)22-14-23(17(3)11-26(22)38-5)28-34-25-10-8-7-9-21(25)29(36)35(28)33-15-19-12-20(32)13-24(31)27(19)40-18(4)30(37)39-6/h7-16,18H,1-6H3/t18-/m1/s1. The number of hydrogen-bond donors (Lipinski definition) is 0. The van der Waals surface area contributed by atoms with Gasteiger partial charge >= 0.3 is 5.97 Å². The number of aromatic nitrogens is 2. The summed E-state index contributed by atoms with van der Waals surface area (Å²) < 4.78 is 18.1. The maximum Gasteiger partial charge on any atom is 0.346 e. The minimum Gasteiger partial charge on any atom is -0.496 e. The van der Waals surface area contributed by atoms with E-state index in [1.807, 2.05) is 25.1 Å². The van der Waals surface area contributed by atoms with Gasteiger partial charge in [-0.05, 0) is 83.2 Å². The molecule has 1 atom stereocenters. The van der Waals surface area contributed by atoms with E-state index >= 15 is 0 Å². The van der Waals surface area contributed by atoms with Crippen LogP contribution in [-0.2, 0) is 9.53 Å². The third-order valence-corrected chi connectivity index (χ3v) is 7.18. The van der Waals surface area contributed by atoms with E-state index in [2.05, 4.69) is 34.9 Å². The van der Waals surface area contributed by atoms with Crippen molar-refractivity contribution >= 4 is 50.6 Å². The number of esters is 1. The van der Waals surface area contributed by atoms with Crippen molar-refractivity contribution in [1.82, 2.24) is 9.66 Å². The third-order valence-electron chi connectivity index (χ3n) is 6.37. The van der Waals surface area contributed by atoms with E-state index in [0.29, 0.717) is 37.5 Å². The molecule has 0 N–H and O–H groups in total. The van der Waals surface area contributed by atoms with Gasteiger partial charge in [0.1, 0.15) is 11.5 Å². The Morgan fingerprint density at radius 1 is 1.12 bits per heavy atom. The summed E-state index contributed by atoms with van der Waals surface area (Å²) in [5, 5.41) is 5.41. The molecule has 0 radical (unpaired) electrons. The second kappa shape index (κ2) is 12.2. The zero-order valence-electron chi connectivity index (χ0n) is 23.0. The highest BCUT2D eigenvalue weighted by atomic mass is 79.9. The molecule has 3 aromatic carbocycles. The first-order valence-electron chi connectivity index (χ1n) is 12.5. The first kappa shape index (κ1) is 29.3. The smallest absolute Gasteiger partial charge is 0.346 e. The molecule has 8 nitrogen and oxygen atoms in total. The molecule has 4 rings (SSSR count). The van der Waals surface area contributed by atoms with Crippen LogP contribution >= 0.6 is 27.5 Å². The Balaban J connectivity index is 1.95. The number of carbonyl (C=O) groups is 1. The van der Waals surface area contributed by atoms with Crippen molar-refractivity contribution in [2.45, 2.75) is 39.7 Å². The summed E-state index contributed by atoms with van der Waals surface area (Å²) in [6.45, 7) is 7.65. The molecule has 1 aromatic heterocycles. The number of aryl methyl sites for hydroxylation is 1. The fraction of sp³-hybridized carbons (Fsp3) is 0.267. The van der Waals surface area contributed by atoms with Crippen LogP contribution in [0.15, 0.2) is 62.9 Å². The fourth-order valence-corrected chi connectivity index (χ4v) is 5.21. The molecule has 0 aliphatic rings. The number of para-hydroxylation sites is 1. The van der Waals surface area contributed by atoms with Crippen molar-refractivity contribution in [2.75, 3.05) is 14.2 Å². The third kappa shape index (κ3) is 5.90. The average molecular weight is 627 g/mol. The second-order valence-electron chi connectivity index (χ2n) is 9.47. The van der Waals surface area contributed by atoms with Crippen molar-refractivity contribution in [3.05, 3.63) is 85.1 Å². The number of ether oxygens (including phenoxy) is 3. The van der Waals surface area contributed by atoms with Gasteiger partial charge in [0.25, 0.3) is 5.56 Å². The van der Waals surface area contributed by atoms with Gasteiger partial charge < -0.3 is 14.2 Å². The first-order valence-corrected chi connectivity index (χ1v) is 13.7. The number of benzene rings is 3. The topological polar surface area (TPSA) is 92.0 Å². The summed E-state index contributed by atoms with van der Waals surface area (Å²) in [4.78, 5) is 30.7. The predicted molar refractivity (Wildman–Crippen MR) is 161 cm³/mol. The molecule has 10 heteroatoms. The minimum absolute atomic E-state index is 0.166. The van der Waals surface area contributed by atoms with E-state index in [1.54, 1.807) is 44.4 Å². The number of carbonyl (C=O) groups excluding carboxylic acids is 1. The summed E-state index contributed by atoms with van der Waals surface area (Å²) in [6.07, 6.45) is 0.561. The van der Waals surface area contributed by atoms with E-state index < -0.39 is 12.1 Å². The van der Waals surface area contributed by atoms with E-state index in [0.717, 1.165) is 22.4 Å². The van der Waals surface area contributed by atoms with Crippen LogP contribution in [-0.4, -0.2) is 42.2 Å². The molecule has 0 aliphatic carbocycles. The van der Waals surface area contributed by atoms with Crippen LogP contribution in [0.3, 0.4) is 0 Å². The molecule has 0 aliphatic heterocycles. The zero-order chi connectivity index (χ0) is 29.1. The first-order chi connectivity index (χ1) is 19.0. The van der Waals surface area contributed by atoms with Crippen LogP contribution in [0.2, 0.25) is 5.02 Å². The average Bonchev–Trinajstić information content (AvgIpc) is 2.93. The summed E-state index contributed by atoms with van der Waals surface area (Å²) in [5.74, 6) is 1.07. The van der Waals surface area contributed by atoms with Crippen molar-refractivity contribution in [3.8, 4) is 22.9 Å². The Kier molecular flexibility index (Phi) is 8.95. The Morgan fingerprint density at radius 2 is 1.85 bits per heavy atom. The van der Waals surface area contributed by atoms with Crippen LogP contribution in [0.5, 0.6) is 11.5 Å². The molecule has 0 spiro atoms. The Hall–Kier alpha value is -3.69. The quantitative estimate of drug-likeness (QED) is 0.159. The highest BCUT2D eigenvalue weighted by Crippen LogP contribution is 2.35. The van der Waals surface area contributed by atoms with Gasteiger partial charge in [-0.2, -0.15) is 9.78 Å². The molecule has 0 saturated carbocycles. The van der Waals surface area contributed by atoms with E-state index in [9.17, 15) is 9.59 Å². The molecular weight excluding hydrogens is 598 g/mol. The maximum atomic E-state index is 13.8. The minimum atomic E-state index is -0.897. The number of fused-ring (bicyclic) bond motifs is 1. The van der Waals surface area contributed by atoms with E-state index in [1.165, 1.54) is 18.0 Å². The molecule has 40 heavy (non-hydrogen) atoms. The van der Waals surface area contributed by atoms with Gasteiger partial charge in [-0.3, -0.25) is 4.79 Å². The van der Waals surface area contributed by atoms with Crippen molar-refractivity contribution in [3.63, 3.8) is 0 Å². The summed E-state index contributed by atoms with van der Waals surface area (Å²) in [6, 6.07) is 14.3. The van der Waals surface area contributed by atoms with Gasteiger partial charge in [0, 0.05) is 16.1 Å². The Bertz CT molecular complexity index is 1680. The SMILES string of the molecule is COC(=O)[C@@H](C)Oc1c(Br)cc(Cl)cc1C=Nn1c(-c2cc(C(C)C)c(OC)cc2C)nc2ccccc2c1=O. The summed E-state index contributed by atoms with van der Waals surface area (Å²) in [5.41, 5.74) is 3.24. The molecule has 0 amide bonds. The monoisotopic (exact) mass is 625 g/mol. The molecule has 0 bridgehead atoms. The van der Waals surface area contributed by atoms with Crippen LogP contribution in [0, 0.1) is 6.92 Å². The number of nitrogens with zero attached hydrogens (tertiary/aromatic N) is 3. The molecule has 0 unspecified atom stereocenters. The number of rotatable bonds is 8. The zero-order valence-corrected chi connectivity index (χ0v) is 25.3. The summed E-state index contributed by atoms with van der Waals surface area (Å²) in [7, 11) is 2.92. The van der Waals surface area contributed by atoms with E-state index in [4.69, 9.17) is 30.8 Å². The normalized spacial score (nSPS) is 12.2. The van der Waals surface area contributed by atoms with Crippen LogP contribution in [0.1, 0.15) is 43.4 Å². The van der Waals surface area contributed by atoms with E-state index in [-0.39, 0.29) is 11.5 Å². The highest BCUT2D eigenvalue weighted by Gasteiger charge is 2.21. The van der Waals surface area contributed by atoms with Crippen LogP contribution < -0.4 is 15.0 Å². The Morgan fingerprint density at radius 3 is 2.52 bits per heavy atom. The summed E-state index contributed by atoms with van der Waals surface area (Å²) >= 11 is 9.78.